The van der Waals surface area contributed by atoms with Crippen LogP contribution in [0.1, 0.15) is 96.9 Å². The van der Waals surface area contributed by atoms with Gasteiger partial charge in [0.05, 0.1) is 0 Å². The molecule has 5 heteroatoms. The van der Waals surface area contributed by atoms with Crippen molar-refractivity contribution in [3.63, 3.8) is 0 Å². The summed E-state index contributed by atoms with van der Waals surface area (Å²) in [7, 11) is 6.11. The van der Waals surface area contributed by atoms with Gasteiger partial charge in [-0.3, -0.25) is 0 Å². The molecular formula is C28H54Cl2NiP2. The van der Waals surface area contributed by atoms with Gasteiger partial charge in [-0.15, -0.1) is 18.5 Å². The van der Waals surface area contributed by atoms with Gasteiger partial charge in [-0.05, 0) is 35.5 Å². The summed E-state index contributed by atoms with van der Waals surface area (Å²) < 4.78 is 0. The van der Waals surface area contributed by atoms with Gasteiger partial charge >= 0.3 is 16.5 Å². The molecule has 0 amide bonds. The number of halogens is 2. The van der Waals surface area contributed by atoms with E-state index >= 15 is 0 Å². The Balaban J connectivity index is -0.000000145. The van der Waals surface area contributed by atoms with Crippen molar-refractivity contribution in [3.8, 4) is 0 Å². The maximum Gasteiger partial charge on any atom is 2.00 e. The van der Waals surface area contributed by atoms with E-state index in [-0.39, 0.29) is 73.3 Å². The van der Waals surface area contributed by atoms with E-state index in [0.29, 0.717) is 0 Å². The summed E-state index contributed by atoms with van der Waals surface area (Å²) in [5, 5.41) is 0.221. The SMILES string of the molecule is CC=CC=CC(P)(C(C)(C)C)C(C)(C)C.CC=CC=CC(P)(C(C)(C)C)C(C)(C)C.[Cl-].[Cl-].[Ni+2]. The Morgan fingerprint density at radius 3 is 0.727 bits per heavy atom. The summed E-state index contributed by atoms with van der Waals surface area (Å²) in [4.78, 5) is 0. The monoisotopic (exact) mass is 580 g/mol. The predicted octanol–water partition coefficient (Wildman–Crippen LogP) is 3.66. The van der Waals surface area contributed by atoms with Crippen molar-refractivity contribution in [1.29, 1.82) is 0 Å². The van der Waals surface area contributed by atoms with Gasteiger partial charge in [0, 0.05) is 10.3 Å². The van der Waals surface area contributed by atoms with Crippen LogP contribution in [0.2, 0.25) is 0 Å². The second-order valence-electron chi connectivity index (χ2n) is 12.5. The fraction of sp³-hybridized carbons (Fsp3) is 0.714. The molecule has 0 nitrogen and oxygen atoms in total. The minimum Gasteiger partial charge on any atom is -1.00 e. The van der Waals surface area contributed by atoms with Crippen LogP contribution in [-0.2, 0) is 16.5 Å². The van der Waals surface area contributed by atoms with E-state index in [2.05, 4.69) is 150 Å². The molecule has 0 radical (unpaired) electrons. The molecule has 0 rings (SSSR count). The standard InChI is InChI=1S/2C14H27P.2ClH.Ni/c2*1-8-9-10-11-14(15,12(2,3)4)13(5,6)7;;;/h2*8-11H,15H2,1-7H3;2*1H;/q;;;;+2/p-2. The maximum atomic E-state index is 3.06. The molecule has 0 fully saturated rings. The van der Waals surface area contributed by atoms with Gasteiger partial charge < -0.3 is 24.8 Å². The first kappa shape index (κ1) is 43.9. The minimum absolute atomic E-state index is 0. The van der Waals surface area contributed by atoms with Crippen molar-refractivity contribution in [2.75, 3.05) is 0 Å². The first-order valence-corrected chi connectivity index (χ1v) is 12.5. The zero-order valence-corrected chi connectivity index (χ0v) is 28.7. The Labute approximate surface area is 236 Å². The smallest absolute Gasteiger partial charge is 1.00 e. The van der Waals surface area contributed by atoms with Gasteiger partial charge in [-0.1, -0.05) is 132 Å². The fourth-order valence-electron chi connectivity index (χ4n) is 3.89. The van der Waals surface area contributed by atoms with Crippen LogP contribution in [-0.4, -0.2) is 10.3 Å². The van der Waals surface area contributed by atoms with Crippen molar-refractivity contribution in [1.82, 2.24) is 0 Å². The molecule has 0 bridgehead atoms. The van der Waals surface area contributed by atoms with Crippen molar-refractivity contribution >= 4 is 18.5 Å². The molecule has 0 saturated heterocycles. The summed E-state index contributed by atoms with van der Waals surface area (Å²) in [5.74, 6) is 0. The van der Waals surface area contributed by atoms with Crippen LogP contribution in [0, 0.1) is 21.7 Å². The van der Waals surface area contributed by atoms with Gasteiger partial charge in [0.25, 0.3) is 0 Å². The van der Waals surface area contributed by atoms with Crippen molar-refractivity contribution in [3.05, 3.63) is 48.6 Å². The number of hydrogen-bond donors (Lipinski definition) is 0. The van der Waals surface area contributed by atoms with E-state index < -0.39 is 0 Å². The third-order valence-corrected chi connectivity index (χ3v) is 10.1. The summed E-state index contributed by atoms with van der Waals surface area (Å²) in [6.45, 7) is 31.7. The number of rotatable bonds is 4. The van der Waals surface area contributed by atoms with Crippen LogP contribution in [0.4, 0.5) is 0 Å². The van der Waals surface area contributed by atoms with Crippen molar-refractivity contribution in [2.45, 2.75) is 107 Å². The van der Waals surface area contributed by atoms with Crippen molar-refractivity contribution < 1.29 is 41.3 Å². The topological polar surface area (TPSA) is 0 Å². The first-order chi connectivity index (χ1) is 13.1. The maximum absolute atomic E-state index is 3.06. The van der Waals surface area contributed by atoms with E-state index in [1.807, 2.05) is 13.8 Å². The van der Waals surface area contributed by atoms with Crippen LogP contribution < -0.4 is 24.8 Å². The zero-order chi connectivity index (χ0) is 24.7. The average molecular weight is 582 g/mol. The molecule has 2 unspecified atom stereocenters. The molecule has 0 aliphatic carbocycles. The Kier molecular flexibility index (Phi) is 22.1. The third-order valence-electron chi connectivity index (χ3n) is 6.29. The van der Waals surface area contributed by atoms with Crippen molar-refractivity contribution in [2.24, 2.45) is 21.7 Å². The quantitative estimate of drug-likeness (QED) is 0.270. The van der Waals surface area contributed by atoms with Crippen LogP contribution in [0.15, 0.2) is 48.6 Å². The van der Waals surface area contributed by atoms with E-state index in [1.165, 1.54) is 0 Å². The summed E-state index contributed by atoms with van der Waals surface area (Å²) in [6, 6.07) is 0. The first-order valence-electron chi connectivity index (χ1n) is 11.3. The largest absolute Gasteiger partial charge is 2.00 e. The van der Waals surface area contributed by atoms with Crippen LogP contribution in [0.3, 0.4) is 0 Å². The Morgan fingerprint density at radius 2 is 0.606 bits per heavy atom. The van der Waals surface area contributed by atoms with Gasteiger partial charge in [0.15, 0.2) is 0 Å². The normalized spacial score (nSPS) is 14.1. The van der Waals surface area contributed by atoms with Gasteiger partial charge in [-0.2, -0.15) is 0 Å². The summed E-state index contributed by atoms with van der Waals surface area (Å²) in [5.41, 5.74) is 0.921. The molecular weight excluding hydrogens is 528 g/mol. The molecule has 0 spiro atoms. The predicted molar refractivity (Wildman–Crippen MR) is 151 cm³/mol. The molecule has 0 saturated carbocycles. The molecule has 0 heterocycles. The van der Waals surface area contributed by atoms with Gasteiger partial charge in [0.1, 0.15) is 0 Å². The van der Waals surface area contributed by atoms with E-state index in [0.717, 1.165) is 0 Å². The second-order valence-corrected chi connectivity index (χ2v) is 14.3. The molecule has 0 aromatic rings. The molecule has 200 valence electrons. The number of allylic oxidation sites excluding steroid dienone is 8. The Hall–Kier alpha value is 0.894. The van der Waals surface area contributed by atoms with Crippen LogP contribution in [0.25, 0.3) is 0 Å². The molecule has 0 aliphatic rings. The van der Waals surface area contributed by atoms with Gasteiger partial charge in [-0.25, -0.2) is 0 Å². The molecule has 2 atom stereocenters. The second kappa shape index (κ2) is 16.6. The Morgan fingerprint density at radius 1 is 0.424 bits per heavy atom. The zero-order valence-electron chi connectivity index (χ0n) is 23.8. The minimum atomic E-state index is 0. The molecule has 33 heavy (non-hydrogen) atoms. The van der Waals surface area contributed by atoms with E-state index in [1.54, 1.807) is 0 Å². The van der Waals surface area contributed by atoms with Crippen LogP contribution in [0.5, 0.6) is 0 Å². The summed E-state index contributed by atoms with van der Waals surface area (Å²) >= 11 is 0. The van der Waals surface area contributed by atoms with E-state index in [9.17, 15) is 0 Å². The summed E-state index contributed by atoms with van der Waals surface area (Å²) in [6.07, 6.45) is 17.3. The van der Waals surface area contributed by atoms with Gasteiger partial charge in [0.2, 0.25) is 0 Å². The fourth-order valence-corrected chi connectivity index (χ4v) is 4.11. The van der Waals surface area contributed by atoms with E-state index in [4.69, 9.17) is 0 Å². The van der Waals surface area contributed by atoms with Crippen LogP contribution >= 0.6 is 18.5 Å². The molecule has 0 aromatic carbocycles. The molecule has 0 aromatic heterocycles. The molecule has 0 aliphatic heterocycles. The third kappa shape index (κ3) is 13.1. The Bertz CT molecular complexity index is 536. The average Bonchev–Trinajstić information content (AvgIpc) is 2.51. The molecule has 0 N–H and O–H groups in total. The number of hydrogen-bond acceptors (Lipinski definition) is 0.